The average Bonchev–Trinajstić information content (AvgIpc) is 2.99. The van der Waals surface area contributed by atoms with Gasteiger partial charge in [0.2, 0.25) is 11.8 Å². The molecule has 1 aliphatic rings. The second kappa shape index (κ2) is 7.92. The lowest BCUT2D eigenvalue weighted by molar-refractivity contribution is -0.129. The minimum atomic E-state index is -0.591. The van der Waals surface area contributed by atoms with Crippen molar-refractivity contribution in [2.45, 2.75) is 38.9 Å². The monoisotopic (exact) mass is 331 g/mol. The van der Waals surface area contributed by atoms with Gasteiger partial charge in [-0.3, -0.25) is 15.0 Å². The van der Waals surface area contributed by atoms with E-state index < -0.39 is 6.04 Å². The molecular weight excluding hydrogens is 306 g/mol. The van der Waals surface area contributed by atoms with Crippen molar-refractivity contribution >= 4 is 17.6 Å². The van der Waals surface area contributed by atoms with Crippen molar-refractivity contribution in [1.82, 2.24) is 16.0 Å². The van der Waals surface area contributed by atoms with E-state index in [2.05, 4.69) is 22.9 Å². The van der Waals surface area contributed by atoms with Gasteiger partial charge in [-0.05, 0) is 31.4 Å². The number of hydrogen-bond acceptors (Lipinski definition) is 4. The molecule has 0 bridgehead atoms. The molecule has 0 unspecified atom stereocenters. The number of amidine groups is 1. The second-order valence-corrected chi connectivity index (χ2v) is 6.36. The van der Waals surface area contributed by atoms with E-state index in [0.29, 0.717) is 18.0 Å². The summed E-state index contributed by atoms with van der Waals surface area (Å²) in [6, 6.07) is 6.29. The first-order valence-corrected chi connectivity index (χ1v) is 8.11. The fraction of sp³-hybridized carbons (Fsp3) is 0.471. The van der Waals surface area contributed by atoms with Crippen LogP contribution in [0, 0.1) is 11.3 Å². The zero-order valence-electron chi connectivity index (χ0n) is 14.1. The SMILES string of the molecule is C[C@H]1CN[C@@H](C(=O)N[C@@H](C)C(=O)NCc2ccc(C(=N)N)cc2)C1. The lowest BCUT2D eigenvalue weighted by atomic mass is 10.1. The molecule has 1 aliphatic heterocycles. The van der Waals surface area contributed by atoms with Crippen LogP contribution in [0.25, 0.3) is 0 Å². The van der Waals surface area contributed by atoms with Gasteiger partial charge in [-0.15, -0.1) is 0 Å². The van der Waals surface area contributed by atoms with Crippen LogP contribution in [0.3, 0.4) is 0 Å². The molecule has 2 amide bonds. The van der Waals surface area contributed by atoms with Gasteiger partial charge in [0.25, 0.3) is 0 Å². The Balaban J connectivity index is 1.79. The van der Waals surface area contributed by atoms with E-state index >= 15 is 0 Å². The Morgan fingerprint density at radius 1 is 1.38 bits per heavy atom. The first kappa shape index (κ1) is 17.9. The molecule has 24 heavy (non-hydrogen) atoms. The van der Waals surface area contributed by atoms with Gasteiger partial charge >= 0.3 is 0 Å². The van der Waals surface area contributed by atoms with E-state index in [-0.39, 0.29) is 23.7 Å². The van der Waals surface area contributed by atoms with Gasteiger partial charge in [-0.2, -0.15) is 0 Å². The molecule has 1 fully saturated rings. The molecule has 0 saturated carbocycles. The van der Waals surface area contributed by atoms with Crippen molar-refractivity contribution in [3.8, 4) is 0 Å². The molecule has 1 saturated heterocycles. The summed E-state index contributed by atoms with van der Waals surface area (Å²) >= 11 is 0. The van der Waals surface area contributed by atoms with Gasteiger partial charge < -0.3 is 21.7 Å². The largest absolute Gasteiger partial charge is 0.384 e. The Morgan fingerprint density at radius 3 is 2.58 bits per heavy atom. The predicted octanol–water partition coefficient (Wildman–Crippen LogP) is 0.0896. The average molecular weight is 331 g/mol. The third kappa shape index (κ3) is 4.79. The zero-order valence-corrected chi connectivity index (χ0v) is 14.1. The summed E-state index contributed by atoms with van der Waals surface area (Å²) in [6.07, 6.45) is 0.794. The van der Waals surface area contributed by atoms with Crippen LogP contribution in [-0.4, -0.2) is 36.3 Å². The number of nitrogens with one attached hydrogen (secondary N) is 4. The van der Waals surface area contributed by atoms with Crippen LogP contribution in [0.5, 0.6) is 0 Å². The molecule has 0 aliphatic carbocycles. The van der Waals surface area contributed by atoms with Crippen molar-refractivity contribution in [2.24, 2.45) is 11.7 Å². The maximum Gasteiger partial charge on any atom is 0.242 e. The van der Waals surface area contributed by atoms with Crippen LogP contribution >= 0.6 is 0 Å². The Labute approximate surface area is 141 Å². The van der Waals surface area contributed by atoms with Gasteiger partial charge in [-0.1, -0.05) is 31.2 Å². The summed E-state index contributed by atoms with van der Waals surface area (Å²) < 4.78 is 0. The van der Waals surface area contributed by atoms with Crippen molar-refractivity contribution in [3.63, 3.8) is 0 Å². The summed E-state index contributed by atoms with van der Waals surface area (Å²) in [5, 5.41) is 16.0. The van der Waals surface area contributed by atoms with Crippen LogP contribution in [0.4, 0.5) is 0 Å². The van der Waals surface area contributed by atoms with Crippen molar-refractivity contribution in [3.05, 3.63) is 35.4 Å². The van der Waals surface area contributed by atoms with Gasteiger partial charge in [0.15, 0.2) is 0 Å². The van der Waals surface area contributed by atoms with Crippen LogP contribution in [0.15, 0.2) is 24.3 Å². The van der Waals surface area contributed by atoms with Gasteiger partial charge in [0.05, 0.1) is 6.04 Å². The van der Waals surface area contributed by atoms with E-state index in [1.165, 1.54) is 0 Å². The standard InChI is InChI=1S/C17H25N5O2/c1-10-7-14(20-8-10)17(24)22-11(2)16(23)21-9-12-3-5-13(6-4-12)15(18)19/h3-6,10-11,14,20H,7-9H2,1-2H3,(H3,18,19)(H,21,23)(H,22,24)/t10-,11+,14-/m1/s1. The maximum atomic E-state index is 12.1. The molecule has 1 heterocycles. The summed E-state index contributed by atoms with van der Waals surface area (Å²) in [5.41, 5.74) is 6.94. The quantitative estimate of drug-likeness (QED) is 0.375. The first-order valence-electron chi connectivity index (χ1n) is 8.11. The third-order valence-electron chi connectivity index (χ3n) is 4.15. The minimum absolute atomic E-state index is 0.0109. The van der Waals surface area contributed by atoms with E-state index in [1.807, 2.05) is 12.1 Å². The molecule has 7 heteroatoms. The highest BCUT2D eigenvalue weighted by molar-refractivity contribution is 5.94. The number of nitrogens with two attached hydrogens (primary N) is 1. The van der Waals surface area contributed by atoms with Gasteiger partial charge in [0.1, 0.15) is 11.9 Å². The lowest BCUT2D eigenvalue weighted by Gasteiger charge is -2.17. The number of benzene rings is 1. The van der Waals surface area contributed by atoms with Crippen LogP contribution in [0.1, 0.15) is 31.4 Å². The summed E-state index contributed by atoms with van der Waals surface area (Å²) in [7, 11) is 0. The number of carbonyl (C=O) groups excluding carboxylic acids is 2. The molecule has 0 radical (unpaired) electrons. The fourth-order valence-corrected chi connectivity index (χ4v) is 2.64. The predicted molar refractivity (Wildman–Crippen MR) is 92.5 cm³/mol. The maximum absolute atomic E-state index is 12.1. The van der Waals surface area contributed by atoms with Gasteiger partial charge in [0, 0.05) is 12.1 Å². The third-order valence-corrected chi connectivity index (χ3v) is 4.15. The van der Waals surface area contributed by atoms with Crippen molar-refractivity contribution in [1.29, 1.82) is 5.41 Å². The molecule has 1 aromatic carbocycles. The molecular formula is C17H25N5O2. The molecule has 2 rings (SSSR count). The van der Waals surface area contributed by atoms with E-state index in [0.717, 1.165) is 18.5 Å². The molecule has 1 aromatic rings. The highest BCUT2D eigenvalue weighted by Gasteiger charge is 2.28. The number of nitrogen functional groups attached to an aromatic ring is 1. The lowest BCUT2D eigenvalue weighted by Crippen LogP contribution is -2.49. The molecule has 3 atom stereocenters. The number of amides is 2. The molecule has 7 nitrogen and oxygen atoms in total. The smallest absolute Gasteiger partial charge is 0.242 e. The number of rotatable bonds is 6. The number of hydrogen-bond donors (Lipinski definition) is 5. The summed E-state index contributed by atoms with van der Waals surface area (Å²) in [4.78, 5) is 24.2. The van der Waals surface area contributed by atoms with E-state index in [1.54, 1.807) is 19.1 Å². The highest BCUT2D eigenvalue weighted by atomic mass is 16.2. The van der Waals surface area contributed by atoms with Crippen LogP contribution in [-0.2, 0) is 16.1 Å². The zero-order chi connectivity index (χ0) is 17.7. The summed E-state index contributed by atoms with van der Waals surface area (Å²) in [5.74, 6) is 0.123. The molecule has 0 spiro atoms. The van der Waals surface area contributed by atoms with Gasteiger partial charge in [-0.25, -0.2) is 0 Å². The van der Waals surface area contributed by atoms with Crippen LogP contribution in [0.2, 0.25) is 0 Å². The molecule has 6 N–H and O–H groups in total. The number of carbonyl (C=O) groups is 2. The van der Waals surface area contributed by atoms with E-state index in [4.69, 9.17) is 11.1 Å². The topological polar surface area (TPSA) is 120 Å². The van der Waals surface area contributed by atoms with Crippen LogP contribution < -0.4 is 21.7 Å². The second-order valence-electron chi connectivity index (χ2n) is 6.36. The highest BCUT2D eigenvalue weighted by Crippen LogP contribution is 2.12. The van der Waals surface area contributed by atoms with Crippen molar-refractivity contribution in [2.75, 3.05) is 6.54 Å². The van der Waals surface area contributed by atoms with Crippen molar-refractivity contribution < 1.29 is 9.59 Å². The minimum Gasteiger partial charge on any atom is -0.384 e. The first-order chi connectivity index (χ1) is 11.4. The normalized spacial score (nSPS) is 21.1. The Hall–Kier alpha value is -2.41. The fourth-order valence-electron chi connectivity index (χ4n) is 2.64. The summed E-state index contributed by atoms with van der Waals surface area (Å²) in [6.45, 7) is 4.95. The Kier molecular flexibility index (Phi) is 5.92. The molecule has 130 valence electrons. The Bertz CT molecular complexity index is 614. The molecule has 0 aromatic heterocycles. The Morgan fingerprint density at radius 2 is 2.04 bits per heavy atom. The van der Waals surface area contributed by atoms with E-state index in [9.17, 15) is 9.59 Å².